The number of carbonyl (C=O) groups is 1. The number of carbonyl (C=O) groups excluding carboxylic acids is 1. The van der Waals surface area contributed by atoms with Crippen molar-refractivity contribution in [3.63, 3.8) is 0 Å². The molecule has 0 aliphatic carbocycles. The number of ether oxygens (including phenoxy) is 2. The minimum Gasteiger partial charge on any atom is -0.393 e. The highest BCUT2D eigenvalue weighted by Crippen LogP contribution is 2.62. The number of nitriles is 1. The maximum absolute atomic E-state index is 16.8. The van der Waals surface area contributed by atoms with E-state index in [0.29, 0.717) is 5.56 Å². The van der Waals surface area contributed by atoms with Crippen LogP contribution in [0.25, 0.3) is 22.3 Å². The number of nitrogens with zero attached hydrogens (tertiary/aromatic N) is 10. The lowest BCUT2D eigenvalue weighted by molar-refractivity contribution is -0.174. The van der Waals surface area contributed by atoms with E-state index in [4.69, 9.17) is 43.9 Å². The number of fused-ring (bicyclic) bond motifs is 4. The summed E-state index contributed by atoms with van der Waals surface area (Å²) in [6.45, 7) is -5.41. The third kappa shape index (κ3) is 8.80. The Morgan fingerprint density at radius 3 is 2.70 bits per heavy atom. The maximum atomic E-state index is 16.8. The van der Waals surface area contributed by atoms with E-state index in [1.54, 1.807) is 49.3 Å². The first-order valence-corrected chi connectivity index (χ1v) is 23.0. The molecular weight excluding hydrogens is 893 g/mol. The summed E-state index contributed by atoms with van der Waals surface area (Å²) in [5.41, 5.74) is -4.10. The molecule has 334 valence electrons. The van der Waals surface area contributed by atoms with Gasteiger partial charge in [-0.15, -0.1) is 0 Å². The molecule has 8 rings (SSSR count). The molecular formula is C35H39FN12O12P2S. The van der Waals surface area contributed by atoms with Gasteiger partial charge in [-0.3, -0.25) is 37.3 Å². The largest absolute Gasteiger partial charge is 0.472 e. The van der Waals surface area contributed by atoms with Crippen LogP contribution in [0.15, 0.2) is 59.1 Å². The van der Waals surface area contributed by atoms with Crippen molar-refractivity contribution in [3.05, 3.63) is 65.2 Å². The molecule has 5 aromatic rings. The van der Waals surface area contributed by atoms with E-state index < -0.39 is 87.9 Å². The van der Waals surface area contributed by atoms with Gasteiger partial charge < -0.3 is 38.7 Å². The van der Waals surface area contributed by atoms with Crippen molar-refractivity contribution in [2.24, 2.45) is 4.99 Å². The number of amides is 1. The van der Waals surface area contributed by atoms with Gasteiger partial charge in [0.1, 0.15) is 36.0 Å². The normalized spacial score (nSPS) is 31.3. The molecule has 4 aromatic heterocycles. The number of imidazole rings is 2. The van der Waals surface area contributed by atoms with Crippen LogP contribution in [0, 0.1) is 11.3 Å². The van der Waals surface area contributed by atoms with Crippen LogP contribution in [-0.4, -0.2) is 136 Å². The number of aromatic amines is 1. The van der Waals surface area contributed by atoms with Crippen LogP contribution in [0.4, 0.5) is 16.2 Å². The van der Waals surface area contributed by atoms with Crippen molar-refractivity contribution < 1.29 is 55.8 Å². The number of aromatic nitrogens is 8. The fourth-order valence-corrected chi connectivity index (χ4v) is 10.6. The minimum atomic E-state index is -5.29. The molecule has 3 aliphatic heterocycles. The topological polar surface area (TPSA) is 298 Å². The molecule has 3 fully saturated rings. The Kier molecular flexibility index (Phi) is 12.4. The van der Waals surface area contributed by atoms with Gasteiger partial charge in [0.25, 0.3) is 11.5 Å². The smallest absolute Gasteiger partial charge is 0.393 e. The van der Waals surface area contributed by atoms with E-state index >= 15 is 4.39 Å². The summed E-state index contributed by atoms with van der Waals surface area (Å²) >= 11 is 5.88. The average molecular weight is 933 g/mol. The van der Waals surface area contributed by atoms with E-state index in [-0.39, 0.29) is 53.5 Å². The van der Waals surface area contributed by atoms with Crippen molar-refractivity contribution >= 4 is 72.7 Å². The third-order valence-electron chi connectivity index (χ3n) is 10.3. The van der Waals surface area contributed by atoms with Gasteiger partial charge in [-0.05, 0) is 30.9 Å². The Morgan fingerprint density at radius 2 is 1.95 bits per heavy atom. The van der Waals surface area contributed by atoms with E-state index in [0.717, 1.165) is 6.33 Å². The van der Waals surface area contributed by atoms with E-state index in [9.17, 15) is 29.4 Å². The standard InChI is InChI=1S/C35H39FN12O12P2S/c1-34-12-22(47-18-41-25-29(47)44-33(45-31(25)51)42-17-46(2)3)58-35(34,14-49)15-56-61(52,53)59-26-21(13-55-62(63,60-34)54-11-7-10-37)57-32(23(26)36)48-19-40-24-27(38-16-39-28(24)48)43-30(50)20-8-5-4-6-9-20/h4-6,8-9,16-19,21-23,26,32,49H,7,11-15H2,1-3H3,(H,52,53)(H,44,45,51)(H,38,39,43,50)/t21-,22-,23-,26-,32-,34-,35-,62?/m1/s1. The fraction of sp³-hybridized carbons (Fsp3) is 0.457. The van der Waals surface area contributed by atoms with Crippen LogP contribution in [-0.2, 0) is 48.5 Å². The number of phosphoric ester groups is 1. The molecule has 0 saturated carbocycles. The predicted molar refractivity (Wildman–Crippen MR) is 220 cm³/mol. The highest BCUT2D eigenvalue weighted by atomic mass is 32.5. The number of hydrogen-bond donors (Lipinski definition) is 4. The molecule has 0 spiro atoms. The molecule has 28 heteroatoms. The second kappa shape index (κ2) is 17.5. The quantitative estimate of drug-likeness (QED) is 0.0677. The highest BCUT2D eigenvalue weighted by molar-refractivity contribution is 8.07. The second-order valence-electron chi connectivity index (χ2n) is 14.8. The first-order valence-electron chi connectivity index (χ1n) is 19.0. The number of aliphatic hydroxyl groups excluding tert-OH is 1. The highest BCUT2D eigenvalue weighted by Gasteiger charge is 2.63. The lowest BCUT2D eigenvalue weighted by atomic mass is 9.85. The van der Waals surface area contributed by atoms with Crippen LogP contribution in [0.3, 0.4) is 0 Å². The number of rotatable bonds is 10. The van der Waals surface area contributed by atoms with Crippen molar-refractivity contribution in [3.8, 4) is 6.07 Å². The monoisotopic (exact) mass is 932 g/mol. The van der Waals surface area contributed by atoms with Crippen molar-refractivity contribution in [1.29, 1.82) is 5.26 Å². The summed E-state index contributed by atoms with van der Waals surface area (Å²) in [6.07, 6.45) is -3.76. The molecule has 0 radical (unpaired) electrons. The number of phosphoric acid groups is 1. The lowest BCUT2D eigenvalue weighted by Crippen LogP contribution is -2.56. The van der Waals surface area contributed by atoms with Gasteiger partial charge in [0.2, 0.25) is 5.95 Å². The molecule has 3 aliphatic rings. The number of halogens is 1. The number of aliphatic imine (C=N–C) groups is 1. The molecule has 63 heavy (non-hydrogen) atoms. The minimum absolute atomic E-state index is 0.0130. The Balaban J connectivity index is 1.11. The van der Waals surface area contributed by atoms with Gasteiger partial charge in [0.05, 0.1) is 57.9 Å². The van der Waals surface area contributed by atoms with Crippen molar-refractivity contribution in [2.75, 3.05) is 45.8 Å². The molecule has 1 aromatic carbocycles. The molecule has 4 N–H and O–H groups in total. The zero-order chi connectivity index (χ0) is 44.7. The summed E-state index contributed by atoms with van der Waals surface area (Å²) in [6, 6.07) is 10.3. The van der Waals surface area contributed by atoms with Crippen LogP contribution in [0.1, 0.15) is 42.6 Å². The fourth-order valence-electron chi connectivity index (χ4n) is 7.17. The summed E-state index contributed by atoms with van der Waals surface area (Å²) in [5, 5.41) is 23.1. The van der Waals surface area contributed by atoms with Gasteiger partial charge in [0.15, 0.2) is 40.5 Å². The molecule has 24 nitrogen and oxygen atoms in total. The Bertz CT molecular complexity index is 2760. The molecule has 3 saturated heterocycles. The number of aliphatic hydroxyl groups is 1. The lowest BCUT2D eigenvalue weighted by Gasteiger charge is -2.42. The van der Waals surface area contributed by atoms with Gasteiger partial charge in [-0.1, -0.05) is 18.2 Å². The second-order valence-corrected chi connectivity index (χ2v) is 19.2. The summed E-state index contributed by atoms with van der Waals surface area (Å²) in [4.78, 5) is 66.7. The zero-order valence-electron chi connectivity index (χ0n) is 33.5. The molecule has 2 unspecified atom stereocenters. The van der Waals surface area contributed by atoms with Gasteiger partial charge in [-0.2, -0.15) is 10.2 Å². The Morgan fingerprint density at radius 1 is 1.19 bits per heavy atom. The number of nitrogens with one attached hydrogen (secondary N) is 2. The van der Waals surface area contributed by atoms with Gasteiger partial charge >= 0.3 is 14.5 Å². The van der Waals surface area contributed by atoms with Crippen LogP contribution in [0.5, 0.6) is 0 Å². The number of anilines is 1. The van der Waals surface area contributed by atoms with Gasteiger partial charge in [-0.25, -0.2) is 33.9 Å². The summed E-state index contributed by atoms with van der Waals surface area (Å²) < 4.78 is 75.2. The number of benzene rings is 1. The third-order valence-corrected chi connectivity index (χ3v) is 13.8. The SMILES string of the molecule is CN(C)C=Nc1nc2c(ncn2[C@H]2C[C@@]3(C)OP(=S)(OCCC#N)OC[C@H]4O[C@@H](n5cnc6c(NC(=O)c7ccccc7)ncnc65)[C@H](F)[C@@H]4OP(=O)(O)OC[C@@]3(CO)O2)c(=O)[nH]1. The molecule has 7 heterocycles. The Hall–Kier alpha value is -5.00. The number of alkyl halides is 1. The maximum Gasteiger partial charge on any atom is 0.472 e. The number of H-pyrrole nitrogens is 1. The number of hydrogen-bond acceptors (Lipinski definition) is 19. The van der Waals surface area contributed by atoms with Gasteiger partial charge in [0, 0.05) is 26.1 Å². The molecule has 0 bridgehead atoms. The summed E-state index contributed by atoms with van der Waals surface area (Å²) in [7, 11) is -1.85. The first kappa shape index (κ1) is 44.6. The van der Waals surface area contributed by atoms with E-state index in [2.05, 4.69) is 40.2 Å². The average Bonchev–Trinajstić information content (AvgIpc) is 4.02. The Labute approximate surface area is 360 Å². The first-order chi connectivity index (χ1) is 30.1. The van der Waals surface area contributed by atoms with Crippen LogP contribution < -0.4 is 10.9 Å². The van der Waals surface area contributed by atoms with Crippen LogP contribution in [0.2, 0.25) is 0 Å². The van der Waals surface area contributed by atoms with E-state index in [1.807, 2.05) is 6.07 Å². The molecule has 9 atom stereocenters. The van der Waals surface area contributed by atoms with Crippen molar-refractivity contribution in [1.82, 2.24) is 43.9 Å². The zero-order valence-corrected chi connectivity index (χ0v) is 36.1. The predicted octanol–water partition coefficient (Wildman–Crippen LogP) is 2.78. The van der Waals surface area contributed by atoms with Crippen molar-refractivity contribution in [2.45, 2.75) is 61.8 Å². The summed E-state index contributed by atoms with van der Waals surface area (Å²) in [5.74, 6) is -0.539. The van der Waals surface area contributed by atoms with E-state index in [1.165, 1.54) is 35.1 Å². The van der Waals surface area contributed by atoms with Crippen LogP contribution >= 0.6 is 14.5 Å². The molecule has 1 amide bonds.